The molecule has 1 amide bonds. The maximum absolute atomic E-state index is 12.4. The standard InChI is InChI=1S/C23H17N3O5S2/c1-14(27)24-22-25-26-23(33-22)32-13-18-11-19(28)20(12-30-18)31-21(29)17-9-7-16(8-10-17)15-5-3-2-4-6-15/h2-12H,13H2,1H3,(H,24,25,27). The predicted octanol–water partition coefficient (Wildman–Crippen LogP) is 4.63. The van der Waals surface area contributed by atoms with Crippen LogP contribution in [0, 0.1) is 0 Å². The number of carbonyl (C=O) groups excluding carboxylic acids is 2. The molecule has 2 aromatic carbocycles. The molecule has 0 unspecified atom stereocenters. The molecule has 0 aliphatic heterocycles. The van der Waals surface area contributed by atoms with Crippen molar-refractivity contribution in [1.82, 2.24) is 10.2 Å². The third-order valence-electron chi connectivity index (χ3n) is 4.31. The summed E-state index contributed by atoms with van der Waals surface area (Å²) in [6.07, 6.45) is 1.12. The predicted molar refractivity (Wildman–Crippen MR) is 126 cm³/mol. The van der Waals surface area contributed by atoms with Crippen LogP contribution >= 0.6 is 23.1 Å². The molecule has 0 spiro atoms. The monoisotopic (exact) mass is 479 g/mol. The van der Waals surface area contributed by atoms with Crippen LogP contribution in [0.1, 0.15) is 23.0 Å². The first-order valence-electron chi connectivity index (χ1n) is 9.71. The van der Waals surface area contributed by atoms with E-state index in [4.69, 9.17) is 9.15 Å². The zero-order valence-corrected chi connectivity index (χ0v) is 18.9. The van der Waals surface area contributed by atoms with Crippen LogP contribution in [0.4, 0.5) is 5.13 Å². The number of benzene rings is 2. The molecule has 0 radical (unpaired) electrons. The molecule has 0 bridgehead atoms. The SMILES string of the molecule is CC(=O)Nc1nnc(SCc2cc(=O)c(OC(=O)c3ccc(-c4ccccc4)cc3)co2)s1. The topological polar surface area (TPSA) is 111 Å². The number of esters is 1. The summed E-state index contributed by atoms with van der Waals surface area (Å²) in [5, 5.41) is 10.7. The van der Waals surface area contributed by atoms with Crippen LogP contribution in [0.25, 0.3) is 11.1 Å². The maximum atomic E-state index is 12.4. The first kappa shape index (κ1) is 22.4. The van der Waals surface area contributed by atoms with Crippen LogP contribution < -0.4 is 15.5 Å². The van der Waals surface area contributed by atoms with Gasteiger partial charge >= 0.3 is 5.97 Å². The van der Waals surface area contributed by atoms with Crippen LogP contribution in [0.15, 0.2) is 80.5 Å². The van der Waals surface area contributed by atoms with Crippen molar-refractivity contribution in [3.05, 3.63) is 88.5 Å². The number of amides is 1. The molecule has 2 aromatic heterocycles. The van der Waals surface area contributed by atoms with Crippen molar-refractivity contribution >= 4 is 40.1 Å². The van der Waals surface area contributed by atoms with Gasteiger partial charge in [0, 0.05) is 13.0 Å². The molecule has 8 nitrogen and oxygen atoms in total. The molecule has 0 aliphatic rings. The average molecular weight is 480 g/mol. The third kappa shape index (κ3) is 5.93. The van der Waals surface area contributed by atoms with Crippen molar-refractivity contribution in [3.63, 3.8) is 0 Å². The Morgan fingerprint density at radius 2 is 1.79 bits per heavy atom. The molecule has 1 N–H and O–H groups in total. The van der Waals surface area contributed by atoms with Crippen molar-refractivity contribution in [2.75, 3.05) is 5.32 Å². The second-order valence-corrected chi connectivity index (χ2v) is 8.95. The molecule has 33 heavy (non-hydrogen) atoms. The summed E-state index contributed by atoms with van der Waals surface area (Å²) in [6.45, 7) is 1.39. The number of nitrogens with one attached hydrogen (secondary N) is 1. The summed E-state index contributed by atoms with van der Waals surface area (Å²) in [4.78, 5) is 35.8. The zero-order valence-electron chi connectivity index (χ0n) is 17.3. The van der Waals surface area contributed by atoms with Gasteiger partial charge in [0.25, 0.3) is 0 Å². The Bertz CT molecular complexity index is 1330. The van der Waals surface area contributed by atoms with Crippen molar-refractivity contribution in [3.8, 4) is 16.9 Å². The van der Waals surface area contributed by atoms with Gasteiger partial charge in [-0.3, -0.25) is 9.59 Å². The highest BCUT2D eigenvalue weighted by Crippen LogP contribution is 2.28. The summed E-state index contributed by atoms with van der Waals surface area (Å²) >= 11 is 2.51. The molecule has 0 atom stereocenters. The molecule has 0 aliphatic carbocycles. The van der Waals surface area contributed by atoms with E-state index in [-0.39, 0.29) is 11.7 Å². The number of aromatic nitrogens is 2. The third-order valence-corrected chi connectivity index (χ3v) is 6.30. The van der Waals surface area contributed by atoms with E-state index in [1.165, 1.54) is 36.1 Å². The molecular weight excluding hydrogens is 462 g/mol. The highest BCUT2D eigenvalue weighted by atomic mass is 32.2. The Balaban J connectivity index is 1.37. The van der Waals surface area contributed by atoms with Crippen molar-refractivity contribution in [2.24, 2.45) is 0 Å². The molecule has 0 saturated carbocycles. The van der Waals surface area contributed by atoms with Gasteiger partial charge in [-0.05, 0) is 23.3 Å². The number of hydrogen-bond donors (Lipinski definition) is 1. The number of rotatable bonds is 7. The van der Waals surface area contributed by atoms with E-state index in [0.29, 0.717) is 26.5 Å². The van der Waals surface area contributed by atoms with Crippen LogP contribution in [0.2, 0.25) is 0 Å². The Morgan fingerprint density at radius 1 is 1.06 bits per heavy atom. The van der Waals surface area contributed by atoms with Crippen molar-refractivity contribution in [1.29, 1.82) is 0 Å². The minimum absolute atomic E-state index is 0.190. The highest BCUT2D eigenvalue weighted by molar-refractivity contribution is 8.00. The van der Waals surface area contributed by atoms with Crippen LogP contribution in [-0.2, 0) is 10.5 Å². The van der Waals surface area contributed by atoms with Gasteiger partial charge in [0.05, 0.1) is 11.3 Å². The van der Waals surface area contributed by atoms with E-state index in [1.807, 2.05) is 42.5 Å². The van der Waals surface area contributed by atoms with E-state index < -0.39 is 11.4 Å². The fraction of sp³-hybridized carbons (Fsp3) is 0.0870. The summed E-state index contributed by atoms with van der Waals surface area (Å²) < 4.78 is 11.3. The fourth-order valence-corrected chi connectivity index (χ4v) is 4.47. The summed E-state index contributed by atoms with van der Waals surface area (Å²) in [5.41, 5.74) is 1.85. The number of ether oxygens (including phenoxy) is 1. The van der Waals surface area contributed by atoms with Gasteiger partial charge < -0.3 is 14.5 Å². The van der Waals surface area contributed by atoms with Gasteiger partial charge in [0.15, 0.2) is 4.34 Å². The molecule has 4 rings (SSSR count). The molecule has 0 saturated heterocycles. The van der Waals surface area contributed by atoms with E-state index >= 15 is 0 Å². The molecule has 166 valence electrons. The fourth-order valence-electron chi connectivity index (χ4n) is 2.78. The number of nitrogens with zero attached hydrogens (tertiary/aromatic N) is 2. The van der Waals surface area contributed by atoms with Gasteiger partial charge in [0.1, 0.15) is 12.0 Å². The number of carbonyl (C=O) groups is 2. The lowest BCUT2D eigenvalue weighted by Crippen LogP contribution is -2.14. The average Bonchev–Trinajstić information content (AvgIpc) is 3.26. The molecule has 0 fully saturated rings. The first-order valence-corrected chi connectivity index (χ1v) is 11.5. The van der Waals surface area contributed by atoms with Gasteiger partial charge in [0.2, 0.25) is 22.2 Å². The summed E-state index contributed by atoms with van der Waals surface area (Å²) in [6, 6.07) is 18.0. The van der Waals surface area contributed by atoms with Gasteiger partial charge in [-0.2, -0.15) is 0 Å². The van der Waals surface area contributed by atoms with E-state index in [9.17, 15) is 14.4 Å². The number of anilines is 1. The largest absolute Gasteiger partial charge is 0.464 e. The lowest BCUT2D eigenvalue weighted by atomic mass is 10.0. The quantitative estimate of drug-likeness (QED) is 0.232. The van der Waals surface area contributed by atoms with Crippen molar-refractivity contribution < 1.29 is 18.7 Å². The number of thioether (sulfide) groups is 1. The van der Waals surface area contributed by atoms with Crippen molar-refractivity contribution in [2.45, 2.75) is 17.0 Å². The van der Waals surface area contributed by atoms with Crippen LogP contribution in [0.3, 0.4) is 0 Å². The highest BCUT2D eigenvalue weighted by Gasteiger charge is 2.14. The Morgan fingerprint density at radius 3 is 2.48 bits per heavy atom. The second kappa shape index (κ2) is 10.2. The first-order chi connectivity index (χ1) is 16.0. The smallest absolute Gasteiger partial charge is 0.343 e. The van der Waals surface area contributed by atoms with Gasteiger partial charge in [-0.15, -0.1) is 10.2 Å². The lowest BCUT2D eigenvalue weighted by molar-refractivity contribution is -0.114. The van der Waals surface area contributed by atoms with Crippen LogP contribution in [-0.4, -0.2) is 22.1 Å². The van der Waals surface area contributed by atoms with Gasteiger partial charge in [-0.1, -0.05) is 65.6 Å². The van der Waals surface area contributed by atoms with Gasteiger partial charge in [-0.25, -0.2) is 4.79 Å². The summed E-state index contributed by atoms with van der Waals surface area (Å²) in [7, 11) is 0. The zero-order chi connectivity index (χ0) is 23.2. The van der Waals surface area contributed by atoms with E-state index in [1.54, 1.807) is 12.1 Å². The Labute approximate surface area is 196 Å². The Hall–Kier alpha value is -3.76. The molecular formula is C23H17N3O5S2. The molecule has 2 heterocycles. The van der Waals surface area contributed by atoms with E-state index in [0.717, 1.165) is 17.4 Å². The Kier molecular flexibility index (Phi) is 6.96. The minimum atomic E-state index is -0.650. The van der Waals surface area contributed by atoms with E-state index in [2.05, 4.69) is 15.5 Å². The normalized spacial score (nSPS) is 10.6. The maximum Gasteiger partial charge on any atom is 0.343 e. The lowest BCUT2D eigenvalue weighted by Gasteiger charge is -2.06. The second-order valence-electron chi connectivity index (χ2n) is 6.75. The summed E-state index contributed by atoms with van der Waals surface area (Å²) in [5.74, 6) is -0.369. The molecule has 10 heteroatoms. The number of hydrogen-bond acceptors (Lipinski definition) is 9. The van der Waals surface area contributed by atoms with Crippen LogP contribution in [0.5, 0.6) is 5.75 Å². The minimum Gasteiger partial charge on any atom is -0.464 e. The molecule has 4 aromatic rings.